The number of rotatable bonds is 5. The molecule has 2 aromatic rings. The maximum Gasteiger partial charge on any atom is 0.243 e. The largest absolute Gasteiger partial charge is 0.354 e. The minimum absolute atomic E-state index is 0.161. The molecular formula is C19H25N3O2. The molecule has 0 saturated heterocycles. The van der Waals surface area contributed by atoms with Crippen molar-refractivity contribution in [1.29, 1.82) is 0 Å². The van der Waals surface area contributed by atoms with Crippen molar-refractivity contribution in [3.05, 3.63) is 42.1 Å². The third kappa shape index (κ3) is 4.54. The number of amides is 2. The van der Waals surface area contributed by atoms with E-state index in [1.54, 1.807) is 6.20 Å². The summed E-state index contributed by atoms with van der Waals surface area (Å²) in [5.74, 6) is -0.366. The van der Waals surface area contributed by atoms with Crippen LogP contribution in [0.3, 0.4) is 0 Å². The minimum Gasteiger partial charge on any atom is -0.354 e. The van der Waals surface area contributed by atoms with Crippen molar-refractivity contribution in [2.24, 2.45) is 5.41 Å². The number of para-hydroxylation sites is 1. The van der Waals surface area contributed by atoms with E-state index in [-0.39, 0.29) is 17.2 Å². The number of hydrogen-bond acceptors (Lipinski definition) is 3. The first-order valence-corrected chi connectivity index (χ1v) is 8.16. The summed E-state index contributed by atoms with van der Waals surface area (Å²) in [6.45, 7) is 7.72. The van der Waals surface area contributed by atoms with Gasteiger partial charge in [0.2, 0.25) is 11.8 Å². The molecule has 5 nitrogen and oxygen atoms in total. The highest BCUT2D eigenvalue weighted by atomic mass is 16.2. The molecule has 0 fully saturated rings. The fourth-order valence-corrected chi connectivity index (χ4v) is 2.67. The van der Waals surface area contributed by atoms with Gasteiger partial charge in [-0.15, -0.1) is 0 Å². The normalized spacial score (nSPS) is 12.7. The lowest BCUT2D eigenvalue weighted by Gasteiger charge is -2.30. The molecule has 1 atom stereocenters. The summed E-state index contributed by atoms with van der Waals surface area (Å²) < 4.78 is 0. The molecule has 0 aliphatic heterocycles. The first kappa shape index (κ1) is 17.9. The molecule has 1 aromatic carbocycles. The van der Waals surface area contributed by atoms with Gasteiger partial charge in [0.1, 0.15) is 6.04 Å². The van der Waals surface area contributed by atoms with Gasteiger partial charge in [-0.3, -0.25) is 14.6 Å². The van der Waals surface area contributed by atoms with E-state index in [1.807, 2.05) is 51.1 Å². The van der Waals surface area contributed by atoms with Gasteiger partial charge in [0.05, 0.1) is 5.52 Å². The SMILES string of the molecule is CC(=O)N[C@H](C(=O)NCCc1cccc2cccnc12)C(C)(C)C. The summed E-state index contributed by atoms with van der Waals surface area (Å²) in [5.41, 5.74) is 1.71. The number of hydrogen-bond donors (Lipinski definition) is 2. The number of nitrogens with one attached hydrogen (secondary N) is 2. The molecule has 1 heterocycles. The molecule has 0 unspecified atom stereocenters. The smallest absolute Gasteiger partial charge is 0.243 e. The molecule has 2 rings (SSSR count). The molecule has 0 saturated carbocycles. The second kappa shape index (κ2) is 7.43. The lowest BCUT2D eigenvalue weighted by Crippen LogP contribution is -2.53. The molecule has 0 radical (unpaired) electrons. The molecule has 1 aromatic heterocycles. The Bertz CT molecular complexity index is 729. The zero-order valence-electron chi connectivity index (χ0n) is 14.7. The van der Waals surface area contributed by atoms with Crippen LogP contribution in [0.2, 0.25) is 0 Å². The quantitative estimate of drug-likeness (QED) is 0.886. The Morgan fingerprint density at radius 3 is 2.54 bits per heavy atom. The van der Waals surface area contributed by atoms with Gasteiger partial charge in [-0.25, -0.2) is 0 Å². The summed E-state index contributed by atoms with van der Waals surface area (Å²) in [6, 6.07) is 9.43. The Kier molecular flexibility index (Phi) is 5.54. The Balaban J connectivity index is 2.02. The van der Waals surface area contributed by atoms with E-state index >= 15 is 0 Å². The molecule has 24 heavy (non-hydrogen) atoms. The topological polar surface area (TPSA) is 71.1 Å². The van der Waals surface area contributed by atoms with E-state index in [1.165, 1.54) is 6.92 Å². The van der Waals surface area contributed by atoms with Crippen molar-refractivity contribution in [2.45, 2.75) is 40.2 Å². The molecule has 2 N–H and O–H groups in total. The van der Waals surface area contributed by atoms with Crippen LogP contribution in [0.25, 0.3) is 10.9 Å². The van der Waals surface area contributed by atoms with Crippen molar-refractivity contribution >= 4 is 22.7 Å². The van der Waals surface area contributed by atoms with Crippen molar-refractivity contribution in [3.8, 4) is 0 Å². The highest BCUT2D eigenvalue weighted by Gasteiger charge is 2.31. The van der Waals surface area contributed by atoms with Crippen LogP contribution < -0.4 is 10.6 Å². The highest BCUT2D eigenvalue weighted by molar-refractivity contribution is 5.87. The standard InChI is InChI=1S/C19H25N3O2/c1-13(23)22-17(19(2,3)4)18(24)21-12-10-15-8-5-7-14-9-6-11-20-16(14)15/h5-9,11,17H,10,12H2,1-4H3,(H,21,24)(H,22,23)/t17-/m1/s1. The van der Waals surface area contributed by atoms with Crippen molar-refractivity contribution in [1.82, 2.24) is 15.6 Å². The minimum atomic E-state index is -0.555. The number of carbonyl (C=O) groups excluding carboxylic acids is 2. The fraction of sp³-hybridized carbons (Fsp3) is 0.421. The van der Waals surface area contributed by atoms with Gasteiger partial charge in [-0.1, -0.05) is 45.0 Å². The summed E-state index contributed by atoms with van der Waals surface area (Å²) in [7, 11) is 0. The fourth-order valence-electron chi connectivity index (χ4n) is 2.67. The Morgan fingerprint density at radius 1 is 1.17 bits per heavy atom. The van der Waals surface area contributed by atoms with Gasteiger partial charge in [0.25, 0.3) is 0 Å². The van der Waals surface area contributed by atoms with Crippen LogP contribution in [-0.4, -0.2) is 29.4 Å². The van der Waals surface area contributed by atoms with Crippen molar-refractivity contribution < 1.29 is 9.59 Å². The Hall–Kier alpha value is -2.43. The predicted molar refractivity (Wildman–Crippen MR) is 95.5 cm³/mol. The van der Waals surface area contributed by atoms with Gasteiger partial charge >= 0.3 is 0 Å². The van der Waals surface area contributed by atoms with Gasteiger partial charge in [0, 0.05) is 25.1 Å². The monoisotopic (exact) mass is 327 g/mol. The molecule has 0 bridgehead atoms. The van der Waals surface area contributed by atoms with Crippen molar-refractivity contribution in [2.75, 3.05) is 6.54 Å². The molecule has 0 aliphatic rings. The maximum absolute atomic E-state index is 12.4. The van der Waals surface area contributed by atoms with E-state index in [0.29, 0.717) is 13.0 Å². The van der Waals surface area contributed by atoms with Crippen LogP contribution in [0, 0.1) is 5.41 Å². The molecule has 0 spiro atoms. The zero-order valence-corrected chi connectivity index (χ0v) is 14.7. The second-order valence-electron chi connectivity index (χ2n) is 7.03. The van der Waals surface area contributed by atoms with Gasteiger partial charge in [-0.05, 0) is 23.5 Å². The second-order valence-corrected chi connectivity index (χ2v) is 7.03. The summed E-state index contributed by atoms with van der Waals surface area (Å²) in [4.78, 5) is 28.2. The first-order valence-electron chi connectivity index (χ1n) is 8.16. The molecule has 128 valence electrons. The number of carbonyl (C=O) groups is 2. The summed E-state index contributed by atoms with van der Waals surface area (Å²) in [6.07, 6.45) is 2.47. The van der Waals surface area contributed by atoms with Crippen LogP contribution in [0.5, 0.6) is 0 Å². The third-order valence-corrected chi connectivity index (χ3v) is 3.89. The van der Waals surface area contributed by atoms with Crippen LogP contribution in [-0.2, 0) is 16.0 Å². The van der Waals surface area contributed by atoms with E-state index < -0.39 is 6.04 Å². The average molecular weight is 327 g/mol. The van der Waals surface area contributed by atoms with E-state index in [9.17, 15) is 9.59 Å². The molecule has 2 amide bonds. The first-order chi connectivity index (χ1) is 11.3. The number of fused-ring (bicyclic) bond motifs is 1. The third-order valence-electron chi connectivity index (χ3n) is 3.89. The summed E-state index contributed by atoms with van der Waals surface area (Å²) >= 11 is 0. The number of nitrogens with zero attached hydrogens (tertiary/aromatic N) is 1. The van der Waals surface area contributed by atoms with E-state index in [2.05, 4.69) is 15.6 Å². The van der Waals surface area contributed by atoms with Gasteiger partial charge in [0.15, 0.2) is 0 Å². The maximum atomic E-state index is 12.4. The van der Waals surface area contributed by atoms with Crippen LogP contribution in [0.1, 0.15) is 33.3 Å². The molecular weight excluding hydrogens is 302 g/mol. The van der Waals surface area contributed by atoms with E-state index in [4.69, 9.17) is 0 Å². The van der Waals surface area contributed by atoms with Crippen LogP contribution >= 0.6 is 0 Å². The number of pyridine rings is 1. The molecule has 0 aliphatic carbocycles. The predicted octanol–water partition coefficient (Wildman–Crippen LogP) is 2.44. The summed E-state index contributed by atoms with van der Waals surface area (Å²) in [5, 5.41) is 6.75. The van der Waals surface area contributed by atoms with Gasteiger partial charge < -0.3 is 10.6 Å². The molecule has 5 heteroatoms. The average Bonchev–Trinajstić information content (AvgIpc) is 2.51. The number of aromatic nitrogens is 1. The van der Waals surface area contributed by atoms with Crippen LogP contribution in [0.15, 0.2) is 36.5 Å². The number of benzene rings is 1. The Morgan fingerprint density at radius 2 is 1.88 bits per heavy atom. The Labute approximate surface area is 142 Å². The zero-order chi connectivity index (χ0) is 17.7. The lowest BCUT2D eigenvalue weighted by molar-refractivity contribution is -0.130. The van der Waals surface area contributed by atoms with E-state index in [0.717, 1.165) is 16.5 Å². The van der Waals surface area contributed by atoms with Gasteiger partial charge in [-0.2, -0.15) is 0 Å². The highest BCUT2D eigenvalue weighted by Crippen LogP contribution is 2.20. The lowest BCUT2D eigenvalue weighted by atomic mass is 9.86. The van der Waals surface area contributed by atoms with Crippen LogP contribution in [0.4, 0.5) is 0 Å². The van der Waals surface area contributed by atoms with Crippen molar-refractivity contribution in [3.63, 3.8) is 0 Å².